The van der Waals surface area contributed by atoms with Gasteiger partial charge in [-0.15, -0.1) is 0 Å². The first-order valence-corrected chi connectivity index (χ1v) is 5.52. The van der Waals surface area contributed by atoms with Gasteiger partial charge in [0.25, 0.3) is 5.91 Å². The van der Waals surface area contributed by atoms with Gasteiger partial charge in [-0.2, -0.15) is 10.2 Å². The van der Waals surface area contributed by atoms with E-state index in [2.05, 4.69) is 15.5 Å². The van der Waals surface area contributed by atoms with E-state index in [0.29, 0.717) is 37.6 Å². The Labute approximate surface area is 101 Å². The van der Waals surface area contributed by atoms with Crippen LogP contribution in [0.25, 0.3) is 0 Å². The van der Waals surface area contributed by atoms with Gasteiger partial charge in [0.15, 0.2) is 0 Å². The van der Waals surface area contributed by atoms with Crippen molar-refractivity contribution in [2.24, 2.45) is 5.73 Å². The van der Waals surface area contributed by atoms with E-state index in [4.69, 9.17) is 10.5 Å². The molecule has 0 aromatic carbocycles. The first kappa shape index (κ1) is 13.5. The summed E-state index contributed by atoms with van der Waals surface area (Å²) in [6.45, 7) is 5.46. The molecule has 6 heteroatoms. The molecule has 0 fully saturated rings. The predicted molar refractivity (Wildman–Crippen MR) is 63.7 cm³/mol. The molecule has 0 saturated carbocycles. The molecule has 17 heavy (non-hydrogen) atoms. The number of nitrogens with one attached hydrogen (secondary N) is 1. The number of hydrogen-bond acceptors (Lipinski definition) is 5. The molecule has 1 heterocycles. The van der Waals surface area contributed by atoms with Gasteiger partial charge in [0, 0.05) is 13.1 Å². The maximum absolute atomic E-state index is 11.8. The highest BCUT2D eigenvalue weighted by molar-refractivity contribution is 5.95. The molecule has 3 N–H and O–H groups in total. The first-order valence-electron chi connectivity index (χ1n) is 5.52. The molecule has 1 aromatic heterocycles. The highest BCUT2D eigenvalue weighted by atomic mass is 16.5. The zero-order valence-corrected chi connectivity index (χ0v) is 10.2. The summed E-state index contributed by atoms with van der Waals surface area (Å²) in [5.41, 5.74) is 7.17. The lowest BCUT2D eigenvalue weighted by atomic mass is 10.2. The van der Waals surface area contributed by atoms with E-state index in [9.17, 15) is 4.79 Å². The quantitative estimate of drug-likeness (QED) is 0.670. The fourth-order valence-electron chi connectivity index (χ4n) is 1.30. The lowest BCUT2D eigenvalue weighted by Gasteiger charge is -2.07. The molecular weight excluding hydrogens is 220 g/mol. The normalized spacial score (nSPS) is 10.3. The molecule has 0 aliphatic rings. The Morgan fingerprint density at radius 1 is 1.41 bits per heavy atom. The van der Waals surface area contributed by atoms with Gasteiger partial charge in [-0.1, -0.05) is 0 Å². The SMILES string of the molecule is Cc1cc(C(=O)NCCOCCN)c(C)nn1. The Morgan fingerprint density at radius 2 is 2.18 bits per heavy atom. The van der Waals surface area contributed by atoms with Crippen molar-refractivity contribution in [1.29, 1.82) is 0 Å². The monoisotopic (exact) mass is 238 g/mol. The second-order valence-corrected chi connectivity index (χ2v) is 3.64. The minimum Gasteiger partial charge on any atom is -0.378 e. The second kappa shape index (κ2) is 6.93. The number of aromatic nitrogens is 2. The average molecular weight is 238 g/mol. The van der Waals surface area contributed by atoms with Crippen molar-refractivity contribution in [3.63, 3.8) is 0 Å². The standard InChI is InChI=1S/C11H18N4O2/c1-8-7-10(9(2)15-14-8)11(16)13-4-6-17-5-3-12/h7H,3-6,12H2,1-2H3,(H,13,16). The largest absolute Gasteiger partial charge is 0.378 e. The van der Waals surface area contributed by atoms with E-state index in [-0.39, 0.29) is 5.91 Å². The van der Waals surface area contributed by atoms with Crippen molar-refractivity contribution < 1.29 is 9.53 Å². The van der Waals surface area contributed by atoms with Crippen molar-refractivity contribution in [2.45, 2.75) is 13.8 Å². The number of ether oxygens (including phenoxy) is 1. The molecule has 0 saturated heterocycles. The summed E-state index contributed by atoms with van der Waals surface area (Å²) in [5.74, 6) is -0.156. The van der Waals surface area contributed by atoms with Crippen molar-refractivity contribution in [2.75, 3.05) is 26.3 Å². The van der Waals surface area contributed by atoms with E-state index in [1.54, 1.807) is 19.9 Å². The Hall–Kier alpha value is -1.53. The predicted octanol–water partition coefficient (Wildman–Crippen LogP) is -0.201. The van der Waals surface area contributed by atoms with Crippen molar-refractivity contribution in [3.05, 3.63) is 23.0 Å². The van der Waals surface area contributed by atoms with Crippen molar-refractivity contribution >= 4 is 5.91 Å². The first-order chi connectivity index (χ1) is 8.15. The highest BCUT2D eigenvalue weighted by Crippen LogP contribution is 2.04. The molecule has 0 bridgehead atoms. The van der Waals surface area contributed by atoms with Crippen LogP contribution in [0.2, 0.25) is 0 Å². The molecule has 0 unspecified atom stereocenters. The van der Waals surface area contributed by atoms with Gasteiger partial charge in [-0.3, -0.25) is 4.79 Å². The number of nitrogens with zero attached hydrogens (tertiary/aromatic N) is 2. The van der Waals surface area contributed by atoms with Crippen LogP contribution >= 0.6 is 0 Å². The van der Waals surface area contributed by atoms with Gasteiger partial charge in [0.05, 0.1) is 30.2 Å². The number of rotatable bonds is 6. The fourth-order valence-corrected chi connectivity index (χ4v) is 1.30. The topological polar surface area (TPSA) is 90.1 Å². The number of hydrogen-bond donors (Lipinski definition) is 2. The molecule has 0 atom stereocenters. The zero-order chi connectivity index (χ0) is 12.7. The van der Waals surface area contributed by atoms with E-state index in [1.807, 2.05) is 0 Å². The Kier molecular flexibility index (Phi) is 5.51. The van der Waals surface area contributed by atoms with E-state index < -0.39 is 0 Å². The third-order valence-electron chi connectivity index (χ3n) is 2.14. The molecule has 0 spiro atoms. The van der Waals surface area contributed by atoms with Crippen LogP contribution in [-0.2, 0) is 4.74 Å². The van der Waals surface area contributed by atoms with Crippen molar-refractivity contribution in [3.8, 4) is 0 Å². The van der Waals surface area contributed by atoms with Crippen LogP contribution in [0.1, 0.15) is 21.7 Å². The summed E-state index contributed by atoms with van der Waals surface area (Å²) in [5, 5.41) is 10.5. The fraction of sp³-hybridized carbons (Fsp3) is 0.545. The summed E-state index contributed by atoms with van der Waals surface area (Å²) in [4.78, 5) is 11.8. The molecule has 0 aliphatic carbocycles. The minimum absolute atomic E-state index is 0.156. The van der Waals surface area contributed by atoms with Gasteiger partial charge in [0.1, 0.15) is 0 Å². The molecular formula is C11H18N4O2. The molecule has 94 valence electrons. The summed E-state index contributed by atoms with van der Waals surface area (Å²) >= 11 is 0. The van der Waals surface area contributed by atoms with Gasteiger partial charge >= 0.3 is 0 Å². The average Bonchev–Trinajstić information content (AvgIpc) is 2.32. The summed E-state index contributed by atoms with van der Waals surface area (Å²) in [7, 11) is 0. The van der Waals surface area contributed by atoms with Gasteiger partial charge in [-0.05, 0) is 19.9 Å². The van der Waals surface area contributed by atoms with Gasteiger partial charge in [-0.25, -0.2) is 0 Å². The number of nitrogens with two attached hydrogens (primary N) is 1. The number of carbonyl (C=O) groups is 1. The van der Waals surface area contributed by atoms with E-state index >= 15 is 0 Å². The van der Waals surface area contributed by atoms with Crippen LogP contribution < -0.4 is 11.1 Å². The summed E-state index contributed by atoms with van der Waals surface area (Å²) in [6, 6.07) is 1.72. The van der Waals surface area contributed by atoms with Crippen molar-refractivity contribution in [1.82, 2.24) is 15.5 Å². The van der Waals surface area contributed by atoms with Crippen LogP contribution in [-0.4, -0.2) is 42.4 Å². The number of aryl methyl sites for hydroxylation is 2. The maximum Gasteiger partial charge on any atom is 0.253 e. The highest BCUT2D eigenvalue weighted by Gasteiger charge is 2.10. The van der Waals surface area contributed by atoms with Crippen LogP contribution in [0.15, 0.2) is 6.07 Å². The third-order valence-corrected chi connectivity index (χ3v) is 2.14. The second-order valence-electron chi connectivity index (χ2n) is 3.64. The number of carbonyl (C=O) groups excluding carboxylic acids is 1. The molecule has 0 aliphatic heterocycles. The minimum atomic E-state index is -0.156. The van der Waals surface area contributed by atoms with E-state index in [1.165, 1.54) is 0 Å². The van der Waals surface area contributed by atoms with E-state index in [0.717, 1.165) is 5.69 Å². The molecule has 6 nitrogen and oxygen atoms in total. The van der Waals surface area contributed by atoms with Crippen LogP contribution in [0.3, 0.4) is 0 Å². The molecule has 1 rings (SSSR count). The molecule has 0 radical (unpaired) electrons. The smallest absolute Gasteiger partial charge is 0.253 e. The molecule has 1 amide bonds. The maximum atomic E-state index is 11.8. The Morgan fingerprint density at radius 3 is 2.88 bits per heavy atom. The number of amides is 1. The molecule has 1 aromatic rings. The van der Waals surface area contributed by atoms with Crippen LogP contribution in [0.5, 0.6) is 0 Å². The Balaban J connectivity index is 2.44. The summed E-state index contributed by atoms with van der Waals surface area (Å²) in [6.07, 6.45) is 0. The third kappa shape index (κ3) is 4.46. The van der Waals surface area contributed by atoms with Gasteiger partial charge in [0.2, 0.25) is 0 Å². The Bertz CT molecular complexity index is 382. The van der Waals surface area contributed by atoms with Crippen LogP contribution in [0, 0.1) is 13.8 Å². The lowest BCUT2D eigenvalue weighted by molar-refractivity contribution is 0.0918. The lowest BCUT2D eigenvalue weighted by Crippen LogP contribution is -2.28. The summed E-state index contributed by atoms with van der Waals surface area (Å²) < 4.78 is 5.16. The van der Waals surface area contributed by atoms with Crippen LogP contribution in [0.4, 0.5) is 0 Å². The zero-order valence-electron chi connectivity index (χ0n) is 10.2. The van der Waals surface area contributed by atoms with Gasteiger partial charge < -0.3 is 15.8 Å².